The molecule has 0 aliphatic rings. The highest BCUT2D eigenvalue weighted by molar-refractivity contribution is 7.15. The molecule has 0 saturated heterocycles. The van der Waals surface area contributed by atoms with Crippen molar-refractivity contribution in [3.63, 3.8) is 0 Å². The van der Waals surface area contributed by atoms with E-state index in [2.05, 4.69) is 28.5 Å². The quantitative estimate of drug-likeness (QED) is 0.788. The number of halogens is 1. The Kier molecular flexibility index (Phi) is 6.39. The van der Waals surface area contributed by atoms with Crippen molar-refractivity contribution < 1.29 is 4.79 Å². The first-order chi connectivity index (χ1) is 9.51. The van der Waals surface area contributed by atoms with Crippen molar-refractivity contribution in [1.82, 2.24) is 10.2 Å². The molecule has 2 rings (SSSR count). The van der Waals surface area contributed by atoms with Gasteiger partial charge in [0.25, 0.3) is 0 Å². The molecule has 1 amide bonds. The number of hydrogen-bond donors (Lipinski definition) is 3. The molecule has 116 valence electrons. The Morgan fingerprint density at radius 3 is 2.81 bits per heavy atom. The van der Waals surface area contributed by atoms with Gasteiger partial charge in [0, 0.05) is 10.9 Å². The van der Waals surface area contributed by atoms with E-state index in [1.165, 1.54) is 4.88 Å². The number of H-pyrrole nitrogens is 1. The summed E-state index contributed by atoms with van der Waals surface area (Å²) >= 11 is 1.68. The van der Waals surface area contributed by atoms with Gasteiger partial charge >= 0.3 is 0 Å². The second-order valence-corrected chi connectivity index (χ2v) is 6.27. The monoisotopic (exact) mass is 328 g/mol. The highest BCUT2D eigenvalue weighted by Crippen LogP contribution is 2.27. The lowest BCUT2D eigenvalue weighted by Gasteiger charge is -2.16. The van der Waals surface area contributed by atoms with Gasteiger partial charge < -0.3 is 11.1 Å². The summed E-state index contributed by atoms with van der Waals surface area (Å²) < 4.78 is 0. The molecule has 21 heavy (non-hydrogen) atoms. The number of nitrogens with two attached hydrogens (primary N) is 1. The number of carbonyl (C=O) groups excluding carboxylic acids is 1. The molecule has 2 atom stereocenters. The van der Waals surface area contributed by atoms with Crippen LogP contribution in [-0.4, -0.2) is 22.1 Å². The Morgan fingerprint density at radius 1 is 1.52 bits per heavy atom. The van der Waals surface area contributed by atoms with E-state index < -0.39 is 6.04 Å². The highest BCUT2D eigenvalue weighted by Gasteiger charge is 2.20. The second kappa shape index (κ2) is 7.59. The third-order valence-electron chi connectivity index (χ3n) is 3.39. The number of anilines is 1. The summed E-state index contributed by atoms with van der Waals surface area (Å²) in [5, 5.41) is 9.78. The fraction of sp³-hybridized carbons (Fsp3) is 0.429. The molecule has 2 aromatic rings. The lowest BCUT2D eigenvalue weighted by atomic mass is 9.99. The molecule has 0 spiro atoms. The standard InChI is InChI=1S/C14H20N4OS.ClH/c1-4-8(2)13(15)14(19)16-12-7-10(17-18-12)11-6-5-9(3)20-11;/h5-8,13H,4,15H2,1-3H3,(H2,16,17,18,19);1H. The lowest BCUT2D eigenvalue weighted by Crippen LogP contribution is -2.40. The maximum absolute atomic E-state index is 12.0. The predicted octanol–water partition coefficient (Wildman–Crippen LogP) is 3.18. The van der Waals surface area contributed by atoms with Gasteiger partial charge in [0.1, 0.15) is 0 Å². The van der Waals surface area contributed by atoms with Crippen LogP contribution in [0.1, 0.15) is 25.1 Å². The van der Waals surface area contributed by atoms with Crippen molar-refractivity contribution >= 4 is 35.5 Å². The van der Waals surface area contributed by atoms with Gasteiger partial charge in [-0.1, -0.05) is 20.3 Å². The number of hydrogen-bond acceptors (Lipinski definition) is 4. The number of carbonyl (C=O) groups is 1. The Labute approximate surface area is 134 Å². The number of thiophene rings is 1. The van der Waals surface area contributed by atoms with E-state index in [1.54, 1.807) is 11.3 Å². The maximum Gasteiger partial charge on any atom is 0.242 e. The summed E-state index contributed by atoms with van der Waals surface area (Å²) in [6, 6.07) is 5.40. The van der Waals surface area contributed by atoms with Crippen molar-refractivity contribution in [2.75, 3.05) is 5.32 Å². The minimum Gasteiger partial charge on any atom is -0.320 e. The van der Waals surface area contributed by atoms with Crippen LogP contribution in [0.5, 0.6) is 0 Å². The summed E-state index contributed by atoms with van der Waals surface area (Å²) in [6.07, 6.45) is 0.870. The normalized spacial score (nSPS) is 13.3. The summed E-state index contributed by atoms with van der Waals surface area (Å²) in [4.78, 5) is 14.3. The van der Waals surface area contributed by atoms with Crippen LogP contribution in [0.2, 0.25) is 0 Å². The smallest absolute Gasteiger partial charge is 0.242 e. The third kappa shape index (κ3) is 4.30. The predicted molar refractivity (Wildman–Crippen MR) is 89.9 cm³/mol. The minimum atomic E-state index is -0.510. The van der Waals surface area contributed by atoms with Gasteiger partial charge in [0.2, 0.25) is 5.91 Å². The molecular weight excluding hydrogens is 308 g/mol. The van der Waals surface area contributed by atoms with Gasteiger partial charge in [0.05, 0.1) is 16.6 Å². The number of nitrogens with zero attached hydrogens (tertiary/aromatic N) is 1. The molecular formula is C14H21ClN4OS. The summed E-state index contributed by atoms with van der Waals surface area (Å²) in [5.74, 6) is 0.461. The first-order valence-corrected chi connectivity index (χ1v) is 7.51. The topological polar surface area (TPSA) is 83.8 Å². The molecule has 4 N–H and O–H groups in total. The lowest BCUT2D eigenvalue weighted by molar-refractivity contribution is -0.118. The average Bonchev–Trinajstić information content (AvgIpc) is 3.05. The zero-order valence-electron chi connectivity index (χ0n) is 12.3. The number of amides is 1. The van der Waals surface area contributed by atoms with Gasteiger partial charge in [-0.2, -0.15) is 5.10 Å². The fourth-order valence-electron chi connectivity index (χ4n) is 1.81. The minimum absolute atomic E-state index is 0. The molecule has 2 unspecified atom stereocenters. The van der Waals surface area contributed by atoms with Crippen LogP contribution >= 0.6 is 23.7 Å². The van der Waals surface area contributed by atoms with E-state index in [0.717, 1.165) is 17.0 Å². The zero-order chi connectivity index (χ0) is 14.7. The van der Waals surface area contributed by atoms with Crippen LogP contribution in [0.3, 0.4) is 0 Å². The molecule has 0 saturated carbocycles. The van der Waals surface area contributed by atoms with Gasteiger partial charge in [-0.25, -0.2) is 0 Å². The molecule has 2 heterocycles. The number of rotatable bonds is 5. The van der Waals surface area contributed by atoms with Crippen molar-refractivity contribution in [3.8, 4) is 10.6 Å². The SMILES string of the molecule is CCC(C)C(N)C(=O)Nc1cc(-c2ccc(C)s2)[nH]n1.Cl. The van der Waals surface area contributed by atoms with E-state index in [4.69, 9.17) is 5.73 Å². The first-order valence-electron chi connectivity index (χ1n) is 6.70. The van der Waals surface area contributed by atoms with Gasteiger partial charge in [-0.15, -0.1) is 23.7 Å². The summed E-state index contributed by atoms with van der Waals surface area (Å²) in [5.41, 5.74) is 6.79. The second-order valence-electron chi connectivity index (χ2n) is 4.98. The molecule has 5 nitrogen and oxygen atoms in total. The Bertz CT molecular complexity index is 595. The Morgan fingerprint density at radius 2 is 2.24 bits per heavy atom. The molecule has 0 aliphatic heterocycles. The number of nitrogens with one attached hydrogen (secondary N) is 2. The Hall–Kier alpha value is -1.37. The summed E-state index contributed by atoms with van der Waals surface area (Å²) in [6.45, 7) is 6.04. The van der Waals surface area contributed by atoms with Gasteiger partial charge in [0.15, 0.2) is 5.82 Å². The fourth-order valence-corrected chi connectivity index (χ4v) is 2.65. The van der Waals surface area contributed by atoms with Crippen molar-refractivity contribution in [2.45, 2.75) is 33.2 Å². The molecule has 0 radical (unpaired) electrons. The number of aromatic nitrogens is 2. The van der Waals surface area contributed by atoms with E-state index in [1.807, 2.05) is 26.0 Å². The van der Waals surface area contributed by atoms with Crippen LogP contribution < -0.4 is 11.1 Å². The van der Waals surface area contributed by atoms with Crippen LogP contribution in [-0.2, 0) is 4.79 Å². The van der Waals surface area contributed by atoms with Crippen molar-refractivity contribution in [3.05, 3.63) is 23.1 Å². The third-order valence-corrected chi connectivity index (χ3v) is 4.43. The maximum atomic E-state index is 12.0. The Balaban J connectivity index is 0.00000220. The summed E-state index contributed by atoms with van der Waals surface area (Å²) in [7, 11) is 0. The first kappa shape index (κ1) is 17.7. The molecule has 0 bridgehead atoms. The van der Waals surface area contributed by atoms with E-state index in [0.29, 0.717) is 5.82 Å². The zero-order valence-corrected chi connectivity index (χ0v) is 14.0. The van der Waals surface area contributed by atoms with Gasteiger partial charge in [-0.05, 0) is 25.0 Å². The van der Waals surface area contributed by atoms with Crippen LogP contribution in [0.15, 0.2) is 18.2 Å². The van der Waals surface area contributed by atoms with E-state index in [9.17, 15) is 4.79 Å². The van der Waals surface area contributed by atoms with E-state index in [-0.39, 0.29) is 24.2 Å². The van der Waals surface area contributed by atoms with E-state index >= 15 is 0 Å². The highest BCUT2D eigenvalue weighted by atomic mass is 35.5. The largest absolute Gasteiger partial charge is 0.320 e. The number of aryl methyl sites for hydroxylation is 1. The molecule has 0 aliphatic carbocycles. The van der Waals surface area contributed by atoms with Crippen LogP contribution in [0.25, 0.3) is 10.6 Å². The van der Waals surface area contributed by atoms with Gasteiger partial charge in [-0.3, -0.25) is 9.89 Å². The molecule has 0 aromatic carbocycles. The van der Waals surface area contributed by atoms with Crippen molar-refractivity contribution in [2.24, 2.45) is 11.7 Å². The number of aromatic amines is 1. The van der Waals surface area contributed by atoms with Crippen LogP contribution in [0.4, 0.5) is 5.82 Å². The molecule has 0 fully saturated rings. The molecule has 7 heteroatoms. The molecule has 2 aromatic heterocycles. The van der Waals surface area contributed by atoms with Crippen LogP contribution in [0, 0.1) is 12.8 Å². The van der Waals surface area contributed by atoms with Crippen molar-refractivity contribution in [1.29, 1.82) is 0 Å². The average molecular weight is 329 g/mol.